The van der Waals surface area contributed by atoms with Gasteiger partial charge in [-0.3, -0.25) is 0 Å². The largest absolute Gasteiger partial charge is 0.363 e. The number of nitrogens with two attached hydrogens (primary N) is 1. The summed E-state index contributed by atoms with van der Waals surface area (Å²) in [6.07, 6.45) is 0. The van der Waals surface area contributed by atoms with Crippen LogP contribution < -0.4 is 10.6 Å². The van der Waals surface area contributed by atoms with Gasteiger partial charge in [0.1, 0.15) is 0 Å². The summed E-state index contributed by atoms with van der Waals surface area (Å²) >= 11 is 0. The second-order valence-corrected chi connectivity index (χ2v) is 2.88. The Kier molecular flexibility index (Phi) is 1.55. The molecule has 0 bridgehead atoms. The molecule has 1 atom stereocenters. The van der Waals surface area contributed by atoms with Crippen LogP contribution >= 0.6 is 0 Å². The van der Waals surface area contributed by atoms with E-state index in [1.165, 1.54) is 5.69 Å². The summed E-state index contributed by atoms with van der Waals surface area (Å²) in [5.41, 5.74) is 6.81. The summed E-state index contributed by atoms with van der Waals surface area (Å²) in [6.45, 7) is 1.90. The molecule has 1 aliphatic rings. The SMILES string of the molecule is NC[C@@H]1CN1c1ccccc1. The van der Waals surface area contributed by atoms with Crippen molar-refractivity contribution in [3.05, 3.63) is 30.3 Å². The van der Waals surface area contributed by atoms with Crippen molar-refractivity contribution in [2.45, 2.75) is 6.04 Å². The van der Waals surface area contributed by atoms with Crippen molar-refractivity contribution in [2.75, 3.05) is 18.0 Å². The Balaban J connectivity index is 2.09. The lowest BCUT2D eigenvalue weighted by atomic mass is 10.3. The second-order valence-electron chi connectivity index (χ2n) is 2.88. The summed E-state index contributed by atoms with van der Waals surface area (Å²) < 4.78 is 0. The van der Waals surface area contributed by atoms with Crippen molar-refractivity contribution < 1.29 is 0 Å². The van der Waals surface area contributed by atoms with Crippen molar-refractivity contribution in [3.63, 3.8) is 0 Å². The molecular weight excluding hydrogens is 136 g/mol. The molecule has 11 heavy (non-hydrogen) atoms. The number of benzene rings is 1. The van der Waals surface area contributed by atoms with Crippen molar-refractivity contribution in [3.8, 4) is 0 Å². The number of para-hydroxylation sites is 1. The van der Waals surface area contributed by atoms with Crippen LogP contribution in [-0.2, 0) is 0 Å². The van der Waals surface area contributed by atoms with Crippen molar-refractivity contribution in [1.29, 1.82) is 0 Å². The molecule has 2 rings (SSSR count). The van der Waals surface area contributed by atoms with Crippen LogP contribution in [0.1, 0.15) is 0 Å². The van der Waals surface area contributed by atoms with E-state index in [0.717, 1.165) is 13.1 Å². The minimum Gasteiger partial charge on any atom is -0.363 e. The first kappa shape index (κ1) is 6.68. The second kappa shape index (κ2) is 2.55. The third-order valence-electron chi connectivity index (χ3n) is 2.07. The van der Waals surface area contributed by atoms with Crippen LogP contribution in [0.25, 0.3) is 0 Å². The van der Waals surface area contributed by atoms with Gasteiger partial charge in [0.05, 0.1) is 6.04 Å². The van der Waals surface area contributed by atoms with Crippen LogP contribution in [-0.4, -0.2) is 19.1 Å². The fourth-order valence-electron chi connectivity index (χ4n) is 1.32. The quantitative estimate of drug-likeness (QED) is 0.629. The lowest BCUT2D eigenvalue weighted by Gasteiger charge is -2.02. The van der Waals surface area contributed by atoms with Gasteiger partial charge in [0.15, 0.2) is 0 Å². The molecule has 2 N–H and O–H groups in total. The van der Waals surface area contributed by atoms with Gasteiger partial charge in [-0.15, -0.1) is 0 Å². The zero-order valence-corrected chi connectivity index (χ0v) is 6.40. The molecule has 0 saturated carbocycles. The first-order valence-electron chi connectivity index (χ1n) is 3.93. The van der Waals surface area contributed by atoms with Crippen LogP contribution in [0.15, 0.2) is 30.3 Å². The van der Waals surface area contributed by atoms with Crippen LogP contribution in [0.4, 0.5) is 5.69 Å². The Labute approximate surface area is 66.6 Å². The van der Waals surface area contributed by atoms with E-state index in [1.807, 2.05) is 6.07 Å². The van der Waals surface area contributed by atoms with Gasteiger partial charge in [0.25, 0.3) is 0 Å². The lowest BCUT2D eigenvalue weighted by molar-refractivity contribution is 0.967. The summed E-state index contributed by atoms with van der Waals surface area (Å²) in [5, 5.41) is 0. The number of hydrogen-bond acceptors (Lipinski definition) is 2. The van der Waals surface area contributed by atoms with Crippen LogP contribution in [0.3, 0.4) is 0 Å². The zero-order chi connectivity index (χ0) is 7.68. The van der Waals surface area contributed by atoms with E-state index in [0.29, 0.717) is 6.04 Å². The van der Waals surface area contributed by atoms with Crippen molar-refractivity contribution in [1.82, 2.24) is 0 Å². The summed E-state index contributed by atoms with van der Waals surface area (Å²) in [5.74, 6) is 0. The van der Waals surface area contributed by atoms with E-state index >= 15 is 0 Å². The number of hydrogen-bond donors (Lipinski definition) is 1. The lowest BCUT2D eigenvalue weighted by Crippen LogP contribution is -2.11. The number of nitrogens with zero attached hydrogens (tertiary/aromatic N) is 1. The maximum Gasteiger partial charge on any atom is 0.0588 e. The monoisotopic (exact) mass is 148 g/mol. The molecule has 0 radical (unpaired) electrons. The minimum absolute atomic E-state index is 0.595. The maximum absolute atomic E-state index is 5.52. The third-order valence-corrected chi connectivity index (χ3v) is 2.07. The minimum atomic E-state index is 0.595. The summed E-state index contributed by atoms with van der Waals surface area (Å²) in [7, 11) is 0. The predicted octanol–water partition coefficient (Wildman–Crippen LogP) is 0.834. The molecule has 1 saturated heterocycles. The van der Waals surface area contributed by atoms with Gasteiger partial charge in [-0.2, -0.15) is 0 Å². The molecule has 0 spiro atoms. The summed E-state index contributed by atoms with van der Waals surface area (Å²) in [4.78, 5) is 2.31. The Morgan fingerprint density at radius 3 is 2.64 bits per heavy atom. The molecule has 0 unspecified atom stereocenters. The average molecular weight is 148 g/mol. The fourth-order valence-corrected chi connectivity index (χ4v) is 1.32. The van der Waals surface area contributed by atoms with Gasteiger partial charge in [-0.05, 0) is 12.1 Å². The molecule has 1 aromatic carbocycles. The molecule has 2 nitrogen and oxygen atoms in total. The number of anilines is 1. The molecule has 1 fully saturated rings. The molecular formula is C9H12N2. The zero-order valence-electron chi connectivity index (χ0n) is 6.40. The van der Waals surface area contributed by atoms with Gasteiger partial charge in [0, 0.05) is 18.8 Å². The Hall–Kier alpha value is -1.02. The van der Waals surface area contributed by atoms with Crippen LogP contribution in [0, 0.1) is 0 Å². The predicted molar refractivity (Wildman–Crippen MR) is 46.6 cm³/mol. The van der Waals surface area contributed by atoms with Crippen molar-refractivity contribution >= 4 is 5.69 Å². The third kappa shape index (κ3) is 1.21. The first-order valence-corrected chi connectivity index (χ1v) is 3.93. The molecule has 1 aliphatic heterocycles. The van der Waals surface area contributed by atoms with Gasteiger partial charge in [0.2, 0.25) is 0 Å². The van der Waals surface area contributed by atoms with Gasteiger partial charge in [-0.1, -0.05) is 18.2 Å². The summed E-state index contributed by atoms with van der Waals surface area (Å²) in [6, 6.07) is 11.0. The Morgan fingerprint density at radius 1 is 1.36 bits per heavy atom. The molecule has 1 aromatic rings. The Morgan fingerprint density at radius 2 is 2.09 bits per heavy atom. The molecule has 0 aliphatic carbocycles. The van der Waals surface area contributed by atoms with E-state index in [2.05, 4.69) is 29.2 Å². The fraction of sp³-hybridized carbons (Fsp3) is 0.333. The number of rotatable bonds is 2. The highest BCUT2D eigenvalue weighted by Crippen LogP contribution is 2.25. The Bertz CT molecular complexity index is 233. The highest BCUT2D eigenvalue weighted by Gasteiger charge is 2.31. The van der Waals surface area contributed by atoms with Crippen molar-refractivity contribution in [2.24, 2.45) is 5.73 Å². The van der Waals surface area contributed by atoms with Gasteiger partial charge >= 0.3 is 0 Å². The topological polar surface area (TPSA) is 29.0 Å². The van der Waals surface area contributed by atoms with E-state index in [4.69, 9.17) is 5.73 Å². The van der Waals surface area contributed by atoms with E-state index in [9.17, 15) is 0 Å². The first-order chi connectivity index (χ1) is 5.42. The average Bonchev–Trinajstić information content (AvgIpc) is 2.85. The van der Waals surface area contributed by atoms with E-state index in [-0.39, 0.29) is 0 Å². The molecule has 58 valence electrons. The molecule has 2 heteroatoms. The van der Waals surface area contributed by atoms with Crippen LogP contribution in [0.2, 0.25) is 0 Å². The van der Waals surface area contributed by atoms with Crippen LogP contribution in [0.5, 0.6) is 0 Å². The van der Waals surface area contributed by atoms with E-state index in [1.54, 1.807) is 0 Å². The standard InChI is InChI=1S/C9H12N2/c10-6-9-7-11(9)8-4-2-1-3-5-8/h1-5,9H,6-7,10H2/t9-,11?/m1/s1. The van der Waals surface area contributed by atoms with Gasteiger partial charge < -0.3 is 10.6 Å². The molecule has 0 amide bonds. The van der Waals surface area contributed by atoms with E-state index < -0.39 is 0 Å². The molecule has 0 aromatic heterocycles. The maximum atomic E-state index is 5.52. The highest BCUT2D eigenvalue weighted by atomic mass is 15.3. The highest BCUT2D eigenvalue weighted by molar-refractivity contribution is 5.53. The molecule has 1 heterocycles. The normalized spacial score (nSPS) is 21.9. The van der Waals surface area contributed by atoms with Gasteiger partial charge in [-0.25, -0.2) is 0 Å². The smallest absolute Gasteiger partial charge is 0.0588 e.